The number of hydrogen-bond acceptors (Lipinski definition) is 2. The molecule has 0 amide bonds. The molecular formula is C14H12INO3. The lowest BCUT2D eigenvalue weighted by molar-refractivity contribution is 0.0694. The highest BCUT2D eigenvalue weighted by Crippen LogP contribution is 2.21. The average Bonchev–Trinajstić information content (AvgIpc) is 2.30. The minimum atomic E-state index is -1.19. The zero-order valence-electron chi connectivity index (χ0n) is 10.5. The third kappa shape index (κ3) is 2.42. The Morgan fingerprint density at radius 2 is 1.89 bits per heavy atom. The Kier molecular flexibility index (Phi) is 3.75. The molecule has 0 aliphatic rings. The molecule has 1 N–H and O–H groups in total. The number of halogens is 1. The topological polar surface area (TPSA) is 59.3 Å². The Hall–Kier alpha value is -1.63. The van der Waals surface area contributed by atoms with Gasteiger partial charge in [0, 0.05) is 21.0 Å². The van der Waals surface area contributed by atoms with E-state index in [-0.39, 0.29) is 5.56 Å². The van der Waals surface area contributed by atoms with Crippen LogP contribution in [0.15, 0.2) is 35.1 Å². The molecule has 0 fully saturated rings. The number of carboxylic acids is 1. The number of benzene rings is 1. The molecule has 1 aromatic heterocycles. The van der Waals surface area contributed by atoms with Crippen molar-refractivity contribution in [1.29, 1.82) is 0 Å². The number of aromatic carboxylic acids is 1. The number of nitrogens with zero attached hydrogens (tertiary/aromatic N) is 1. The molecule has 1 aromatic carbocycles. The van der Waals surface area contributed by atoms with Gasteiger partial charge in [0.2, 0.25) is 0 Å². The second-order valence-electron chi connectivity index (χ2n) is 4.20. The fraction of sp³-hybridized carbons (Fsp3) is 0.143. The molecule has 98 valence electrons. The first-order valence-electron chi connectivity index (χ1n) is 5.65. The standard InChI is InChI=1S/C14H12INO3/c1-8-7-12(17)13(14(18)19)9(2)16(8)11-6-4-3-5-10(11)15/h3-7H,1-2H3,(H,18,19). The maximum absolute atomic E-state index is 11.8. The predicted molar refractivity (Wildman–Crippen MR) is 81.2 cm³/mol. The summed E-state index contributed by atoms with van der Waals surface area (Å²) >= 11 is 2.19. The number of carboxylic acid groups (broad SMARTS) is 1. The molecule has 0 spiro atoms. The largest absolute Gasteiger partial charge is 0.477 e. The molecule has 19 heavy (non-hydrogen) atoms. The van der Waals surface area contributed by atoms with Crippen molar-refractivity contribution in [2.24, 2.45) is 0 Å². The molecule has 0 bridgehead atoms. The van der Waals surface area contributed by atoms with Crippen molar-refractivity contribution in [2.45, 2.75) is 13.8 Å². The normalized spacial score (nSPS) is 10.5. The monoisotopic (exact) mass is 369 g/mol. The van der Waals surface area contributed by atoms with E-state index in [1.165, 1.54) is 6.07 Å². The molecule has 0 aliphatic carbocycles. The summed E-state index contributed by atoms with van der Waals surface area (Å²) in [5.41, 5.74) is 1.41. The molecule has 0 saturated carbocycles. The van der Waals surface area contributed by atoms with Gasteiger partial charge in [0.05, 0.1) is 5.69 Å². The highest BCUT2D eigenvalue weighted by Gasteiger charge is 2.17. The van der Waals surface area contributed by atoms with Crippen LogP contribution in [0.1, 0.15) is 21.7 Å². The summed E-state index contributed by atoms with van der Waals surface area (Å²) in [7, 11) is 0. The average molecular weight is 369 g/mol. The number of aryl methyl sites for hydroxylation is 1. The van der Waals surface area contributed by atoms with E-state index in [0.717, 1.165) is 15.0 Å². The van der Waals surface area contributed by atoms with Crippen LogP contribution in [0.4, 0.5) is 0 Å². The van der Waals surface area contributed by atoms with Gasteiger partial charge in [-0.25, -0.2) is 4.79 Å². The third-order valence-corrected chi connectivity index (χ3v) is 3.86. The van der Waals surface area contributed by atoms with Crippen molar-refractivity contribution in [3.8, 4) is 5.69 Å². The number of carbonyl (C=O) groups is 1. The van der Waals surface area contributed by atoms with Crippen molar-refractivity contribution in [3.05, 3.63) is 61.1 Å². The molecule has 0 atom stereocenters. The molecule has 0 radical (unpaired) electrons. The lowest BCUT2D eigenvalue weighted by atomic mass is 10.1. The molecule has 1 heterocycles. The maximum Gasteiger partial charge on any atom is 0.341 e. The second-order valence-corrected chi connectivity index (χ2v) is 5.36. The first kappa shape index (κ1) is 13.8. The lowest BCUT2D eigenvalue weighted by Crippen LogP contribution is -2.22. The van der Waals surface area contributed by atoms with Gasteiger partial charge in [0.25, 0.3) is 0 Å². The fourth-order valence-corrected chi connectivity index (χ4v) is 2.77. The van der Waals surface area contributed by atoms with E-state index in [0.29, 0.717) is 5.69 Å². The Labute approximate surface area is 123 Å². The van der Waals surface area contributed by atoms with Crippen LogP contribution in [-0.2, 0) is 0 Å². The Bertz CT molecular complexity index is 719. The van der Waals surface area contributed by atoms with Crippen molar-refractivity contribution in [1.82, 2.24) is 4.57 Å². The molecule has 0 saturated heterocycles. The quantitative estimate of drug-likeness (QED) is 0.829. The Morgan fingerprint density at radius 1 is 1.26 bits per heavy atom. The van der Waals surface area contributed by atoms with Gasteiger partial charge in [0.1, 0.15) is 5.56 Å². The third-order valence-electron chi connectivity index (χ3n) is 2.94. The molecular weight excluding hydrogens is 357 g/mol. The molecule has 2 rings (SSSR count). The van der Waals surface area contributed by atoms with Gasteiger partial charge in [-0.3, -0.25) is 4.79 Å². The number of rotatable bonds is 2. The second kappa shape index (κ2) is 5.16. The minimum Gasteiger partial charge on any atom is -0.477 e. The molecule has 5 heteroatoms. The zero-order chi connectivity index (χ0) is 14.2. The number of aromatic nitrogens is 1. The van der Waals surface area contributed by atoms with Crippen LogP contribution >= 0.6 is 22.6 Å². The fourth-order valence-electron chi connectivity index (χ4n) is 2.14. The zero-order valence-corrected chi connectivity index (χ0v) is 12.6. The summed E-state index contributed by atoms with van der Waals surface area (Å²) in [6.45, 7) is 3.45. The van der Waals surface area contributed by atoms with Crippen LogP contribution in [0.25, 0.3) is 5.69 Å². The summed E-state index contributed by atoms with van der Waals surface area (Å²) in [5, 5.41) is 9.16. The summed E-state index contributed by atoms with van der Waals surface area (Å²) in [6, 6.07) is 9.00. The number of para-hydroxylation sites is 1. The smallest absolute Gasteiger partial charge is 0.341 e. The van der Waals surface area contributed by atoms with Crippen LogP contribution in [0, 0.1) is 17.4 Å². The maximum atomic E-state index is 11.8. The van der Waals surface area contributed by atoms with Crippen molar-refractivity contribution < 1.29 is 9.90 Å². The lowest BCUT2D eigenvalue weighted by Gasteiger charge is -2.17. The first-order valence-corrected chi connectivity index (χ1v) is 6.73. The van der Waals surface area contributed by atoms with E-state index in [1.807, 2.05) is 24.3 Å². The molecule has 2 aromatic rings. The summed E-state index contributed by atoms with van der Waals surface area (Å²) < 4.78 is 2.79. The van der Waals surface area contributed by atoms with Crippen LogP contribution in [-0.4, -0.2) is 15.6 Å². The van der Waals surface area contributed by atoms with E-state index < -0.39 is 11.4 Å². The number of hydrogen-bond donors (Lipinski definition) is 1. The van der Waals surface area contributed by atoms with E-state index in [1.54, 1.807) is 18.4 Å². The van der Waals surface area contributed by atoms with E-state index >= 15 is 0 Å². The van der Waals surface area contributed by atoms with E-state index in [9.17, 15) is 9.59 Å². The highest BCUT2D eigenvalue weighted by molar-refractivity contribution is 14.1. The SMILES string of the molecule is Cc1cc(=O)c(C(=O)O)c(C)n1-c1ccccc1I. The Balaban J connectivity index is 2.86. The van der Waals surface area contributed by atoms with Crippen molar-refractivity contribution >= 4 is 28.6 Å². The minimum absolute atomic E-state index is 0.176. The number of pyridine rings is 1. The molecule has 0 unspecified atom stereocenters. The molecule has 0 aliphatic heterocycles. The van der Waals surface area contributed by atoms with Gasteiger partial charge >= 0.3 is 5.97 Å². The van der Waals surface area contributed by atoms with E-state index in [2.05, 4.69) is 22.6 Å². The van der Waals surface area contributed by atoms with Gasteiger partial charge in [-0.2, -0.15) is 0 Å². The predicted octanol–water partition coefficient (Wildman–Crippen LogP) is 2.76. The summed E-state index contributed by atoms with van der Waals surface area (Å²) in [6.07, 6.45) is 0. The van der Waals surface area contributed by atoms with Crippen LogP contribution in [0.3, 0.4) is 0 Å². The Morgan fingerprint density at radius 3 is 2.47 bits per heavy atom. The van der Waals surface area contributed by atoms with Gasteiger partial charge in [0.15, 0.2) is 5.43 Å². The van der Waals surface area contributed by atoms with Crippen molar-refractivity contribution in [3.63, 3.8) is 0 Å². The van der Waals surface area contributed by atoms with Gasteiger partial charge in [-0.05, 0) is 48.6 Å². The first-order chi connectivity index (χ1) is 8.93. The van der Waals surface area contributed by atoms with Crippen LogP contribution in [0.2, 0.25) is 0 Å². The highest BCUT2D eigenvalue weighted by atomic mass is 127. The molecule has 4 nitrogen and oxygen atoms in total. The van der Waals surface area contributed by atoms with Crippen molar-refractivity contribution in [2.75, 3.05) is 0 Å². The van der Waals surface area contributed by atoms with Crippen LogP contribution < -0.4 is 5.43 Å². The summed E-state index contributed by atoms with van der Waals surface area (Å²) in [4.78, 5) is 23.0. The van der Waals surface area contributed by atoms with E-state index in [4.69, 9.17) is 5.11 Å². The van der Waals surface area contributed by atoms with Gasteiger partial charge in [-0.1, -0.05) is 12.1 Å². The van der Waals surface area contributed by atoms with Gasteiger partial charge < -0.3 is 9.67 Å². The van der Waals surface area contributed by atoms with Crippen LogP contribution in [0.5, 0.6) is 0 Å². The summed E-state index contributed by atoms with van der Waals surface area (Å²) in [5.74, 6) is -1.19. The van der Waals surface area contributed by atoms with Gasteiger partial charge in [-0.15, -0.1) is 0 Å².